The minimum Gasteiger partial charge on any atom is -0.790 e. The van der Waals surface area contributed by atoms with Crippen molar-refractivity contribution in [3.8, 4) is 0 Å². The van der Waals surface area contributed by atoms with Gasteiger partial charge in [0.1, 0.15) is 36.3 Å². The van der Waals surface area contributed by atoms with E-state index in [1.165, 1.54) is 13.8 Å². The number of nitrogen functional groups attached to an aromatic ring is 1. The number of hydrogen-bond donors (Lipinski definition) is 5. The predicted molar refractivity (Wildman–Crippen MR) is 173 cm³/mol. The van der Waals surface area contributed by atoms with E-state index in [9.17, 15) is 57.9 Å². The molecule has 3 heterocycles. The molecular weight excluding hydrogens is 795 g/mol. The molecule has 28 heteroatoms. The van der Waals surface area contributed by atoms with E-state index in [-0.39, 0.29) is 41.6 Å². The summed E-state index contributed by atoms with van der Waals surface area (Å²) in [4.78, 5) is 95.2. The summed E-state index contributed by atoms with van der Waals surface area (Å²) in [7, 11) is -17.6. The Morgan fingerprint density at radius 3 is 2.42 bits per heavy atom. The number of fused-ring (bicyclic) bond motifs is 1. The van der Waals surface area contributed by atoms with Crippen molar-refractivity contribution in [1.29, 1.82) is 0 Å². The standard InChI is InChI=1S/C25H42N7O17P3S/c1-4-5-16(34)53-9-8-27-15(33)6-7-28-23(37)20(36)25(2,3)11-46-52(43,44)49-51(41,42)45-10-14-19(48-50(38,39)40)18(35)24(47-14)32-13-31-17-21(26)29-12-30-22(17)32/h12-14,18-20,24,35-36H,4-11H2,1-3H3,(H,27,33)(H,28,37)(H,41,42)(H,43,44)(H2,26,29,30)(H2,38,39,40)/p-4. The normalized spacial score (nSPS) is 22.2. The number of imidazole rings is 1. The molecule has 7 atom stereocenters. The lowest BCUT2D eigenvalue weighted by atomic mass is 9.87. The van der Waals surface area contributed by atoms with Crippen molar-refractivity contribution in [2.75, 3.05) is 37.8 Å². The number of carbonyl (C=O) groups is 3. The fraction of sp³-hybridized carbons (Fsp3) is 0.680. The topological polar surface area (TPSA) is 375 Å². The van der Waals surface area contributed by atoms with Crippen LogP contribution in [0.15, 0.2) is 12.7 Å². The van der Waals surface area contributed by atoms with Gasteiger partial charge in [0.15, 0.2) is 22.8 Å². The number of anilines is 1. The van der Waals surface area contributed by atoms with Crippen LogP contribution in [0.4, 0.5) is 5.82 Å². The lowest BCUT2D eigenvalue weighted by molar-refractivity contribution is -0.347. The molecule has 1 aliphatic rings. The molecule has 2 aromatic heterocycles. The number of nitrogens with two attached hydrogens (primary N) is 1. The van der Waals surface area contributed by atoms with Crippen molar-refractivity contribution in [1.82, 2.24) is 30.2 Å². The molecule has 0 aliphatic carbocycles. The Hall–Kier alpha value is -2.44. The first-order valence-corrected chi connectivity index (χ1v) is 20.9. The number of carbonyl (C=O) groups excluding carboxylic acids is 3. The number of hydrogen-bond acceptors (Lipinski definition) is 22. The third-order valence-electron chi connectivity index (χ3n) is 7.19. The van der Waals surface area contributed by atoms with Crippen LogP contribution in [0.2, 0.25) is 0 Å². The Morgan fingerprint density at radius 2 is 1.75 bits per heavy atom. The van der Waals surface area contributed by atoms with Crippen molar-refractivity contribution in [3.05, 3.63) is 12.7 Å². The maximum Gasteiger partial charge on any atom is 0.274 e. The number of ether oxygens (including phenoxy) is 1. The average Bonchev–Trinajstić information content (AvgIpc) is 3.61. The molecule has 3 rings (SSSR count). The fourth-order valence-corrected chi connectivity index (χ4v) is 8.06. The number of aliphatic hydroxyl groups excluding tert-OH is 2. The summed E-state index contributed by atoms with van der Waals surface area (Å²) in [5.74, 6) is -1.16. The SMILES string of the molecule is CCCC(=O)SCCNC(=O)CCNC(=O)C(O)C(C)(C)COP(=O)([O-])OP(=O)([O-])OCC1OC(n2cnc3c(N)ncnc32)C(O)C1OP(=O)([O-])[O-]. The van der Waals surface area contributed by atoms with E-state index in [1.807, 2.05) is 6.92 Å². The van der Waals surface area contributed by atoms with Gasteiger partial charge in [-0.3, -0.25) is 28.1 Å². The van der Waals surface area contributed by atoms with Crippen LogP contribution in [-0.4, -0.2) is 103 Å². The second-order valence-electron chi connectivity index (χ2n) is 12.0. The van der Waals surface area contributed by atoms with Crippen molar-refractivity contribution in [3.63, 3.8) is 0 Å². The zero-order valence-electron chi connectivity index (χ0n) is 28.3. The molecule has 0 aromatic carbocycles. The lowest BCUT2D eigenvalue weighted by Crippen LogP contribution is -2.46. The highest BCUT2D eigenvalue weighted by molar-refractivity contribution is 8.13. The van der Waals surface area contributed by atoms with Crippen molar-refractivity contribution >= 4 is 69.1 Å². The van der Waals surface area contributed by atoms with Gasteiger partial charge >= 0.3 is 0 Å². The van der Waals surface area contributed by atoms with Crippen molar-refractivity contribution in [2.24, 2.45) is 5.41 Å². The number of rotatable bonds is 21. The van der Waals surface area contributed by atoms with Gasteiger partial charge in [-0.05, 0) is 6.42 Å². The average molecular weight is 834 g/mol. The van der Waals surface area contributed by atoms with Gasteiger partial charge in [-0.2, -0.15) is 0 Å². The molecule has 2 amide bonds. The molecule has 0 radical (unpaired) electrons. The summed E-state index contributed by atoms with van der Waals surface area (Å²) in [5.41, 5.74) is 4.07. The third kappa shape index (κ3) is 13.7. The van der Waals surface area contributed by atoms with Crippen LogP contribution >= 0.6 is 35.2 Å². The molecule has 24 nitrogen and oxygen atoms in total. The van der Waals surface area contributed by atoms with E-state index in [1.54, 1.807) is 0 Å². The van der Waals surface area contributed by atoms with Gasteiger partial charge in [-0.25, -0.2) is 19.3 Å². The van der Waals surface area contributed by atoms with Crippen LogP contribution in [0, 0.1) is 5.41 Å². The van der Waals surface area contributed by atoms with Gasteiger partial charge in [0.2, 0.25) is 11.8 Å². The Morgan fingerprint density at radius 1 is 1.08 bits per heavy atom. The molecule has 0 spiro atoms. The number of phosphoric acid groups is 3. The minimum atomic E-state index is -5.90. The third-order valence-corrected chi connectivity index (χ3v) is 11.1. The summed E-state index contributed by atoms with van der Waals surface area (Å²) in [6.45, 7) is 2.01. The van der Waals surface area contributed by atoms with Crippen LogP contribution in [0.3, 0.4) is 0 Å². The monoisotopic (exact) mass is 833 g/mol. The van der Waals surface area contributed by atoms with E-state index in [0.29, 0.717) is 18.6 Å². The Labute approximate surface area is 306 Å². The van der Waals surface area contributed by atoms with Gasteiger partial charge in [0.05, 0.1) is 27.4 Å². The number of aromatic nitrogens is 4. The fourth-order valence-electron chi connectivity index (χ4n) is 4.55. The van der Waals surface area contributed by atoms with E-state index in [4.69, 9.17) is 10.5 Å². The Balaban J connectivity index is 1.52. The minimum absolute atomic E-state index is 0.00220. The molecule has 1 aliphatic heterocycles. The van der Waals surface area contributed by atoms with E-state index >= 15 is 0 Å². The largest absolute Gasteiger partial charge is 0.790 e. The van der Waals surface area contributed by atoms with Crippen LogP contribution in [0.1, 0.15) is 46.3 Å². The smallest absolute Gasteiger partial charge is 0.274 e. The number of thioether (sulfide) groups is 1. The number of nitrogens with one attached hydrogen (secondary N) is 2. The molecule has 1 saturated heterocycles. The summed E-state index contributed by atoms with van der Waals surface area (Å²) in [6.07, 6.45) is -6.42. The van der Waals surface area contributed by atoms with Crippen molar-refractivity contribution in [2.45, 2.75) is 70.7 Å². The molecular formula is C25H38N7O17P3S-4. The second kappa shape index (κ2) is 18.9. The predicted octanol–water partition coefficient (Wildman–Crippen LogP) is -3.06. The van der Waals surface area contributed by atoms with E-state index in [2.05, 4.69) is 43.5 Å². The number of phosphoric ester groups is 3. The first kappa shape index (κ1) is 45.0. The van der Waals surface area contributed by atoms with Gasteiger partial charge < -0.3 is 69.0 Å². The quantitative estimate of drug-likeness (QED) is 0.0615. The van der Waals surface area contributed by atoms with Crippen molar-refractivity contribution < 1.29 is 80.5 Å². The summed E-state index contributed by atoms with van der Waals surface area (Å²) in [5, 5.41) is 26.1. The number of aliphatic hydroxyl groups is 2. The molecule has 0 bridgehead atoms. The molecule has 7 unspecified atom stereocenters. The molecule has 6 N–H and O–H groups in total. The second-order valence-corrected chi connectivity index (χ2v) is 17.2. The summed E-state index contributed by atoms with van der Waals surface area (Å²) < 4.78 is 60.3. The zero-order chi connectivity index (χ0) is 39.8. The first-order valence-electron chi connectivity index (χ1n) is 15.5. The maximum atomic E-state index is 12.5. The van der Waals surface area contributed by atoms with Gasteiger partial charge in [-0.15, -0.1) is 0 Å². The Bertz CT molecular complexity index is 1750. The zero-order valence-corrected chi connectivity index (χ0v) is 31.8. The van der Waals surface area contributed by atoms with Crippen LogP contribution in [0.25, 0.3) is 11.2 Å². The van der Waals surface area contributed by atoms with Crippen LogP contribution < -0.4 is 35.9 Å². The number of nitrogens with zero attached hydrogens (tertiary/aromatic N) is 4. The van der Waals surface area contributed by atoms with Gasteiger partial charge in [0.25, 0.3) is 15.6 Å². The van der Waals surface area contributed by atoms with Crippen LogP contribution in [0.5, 0.6) is 0 Å². The van der Waals surface area contributed by atoms with Crippen LogP contribution in [-0.2, 0) is 50.7 Å². The molecule has 53 heavy (non-hydrogen) atoms. The van der Waals surface area contributed by atoms with E-state index < -0.39 is 84.6 Å². The summed E-state index contributed by atoms with van der Waals surface area (Å²) >= 11 is 1.08. The number of amides is 2. The Kier molecular flexibility index (Phi) is 16.1. The van der Waals surface area contributed by atoms with E-state index in [0.717, 1.165) is 29.0 Å². The maximum absolute atomic E-state index is 12.5. The molecule has 1 fully saturated rings. The highest BCUT2D eigenvalue weighted by Gasteiger charge is 2.47. The van der Waals surface area contributed by atoms with Gasteiger partial charge in [-0.1, -0.05) is 32.5 Å². The summed E-state index contributed by atoms with van der Waals surface area (Å²) in [6, 6.07) is 0. The highest BCUT2D eigenvalue weighted by Crippen LogP contribution is 2.56. The molecule has 300 valence electrons. The van der Waals surface area contributed by atoms with Gasteiger partial charge in [0, 0.05) is 37.1 Å². The molecule has 0 saturated carbocycles. The lowest BCUT2D eigenvalue weighted by Gasteiger charge is -2.36. The molecule has 2 aromatic rings. The highest BCUT2D eigenvalue weighted by atomic mass is 32.2. The first-order chi connectivity index (χ1) is 24.6.